The van der Waals surface area contributed by atoms with Gasteiger partial charge < -0.3 is 10.0 Å². The van der Waals surface area contributed by atoms with Gasteiger partial charge in [0, 0.05) is 25.1 Å². The largest absolute Gasteiger partial charge is 0.481 e. The smallest absolute Gasteiger partial charge is 0.433 e. The van der Waals surface area contributed by atoms with Crippen LogP contribution in [0.5, 0.6) is 0 Å². The van der Waals surface area contributed by atoms with Crippen LogP contribution < -0.4 is 4.90 Å². The summed E-state index contributed by atoms with van der Waals surface area (Å²) in [7, 11) is 0. The van der Waals surface area contributed by atoms with E-state index in [-0.39, 0.29) is 24.1 Å². The molecule has 1 atom stereocenters. The fourth-order valence-corrected chi connectivity index (χ4v) is 2.45. The van der Waals surface area contributed by atoms with E-state index in [2.05, 4.69) is 9.97 Å². The first-order valence-electron chi connectivity index (χ1n) is 6.78. The number of aromatic nitrogens is 2. The lowest BCUT2D eigenvalue weighted by atomic mass is 10.1. The van der Waals surface area contributed by atoms with Gasteiger partial charge in [0.15, 0.2) is 0 Å². The fraction of sp³-hybridized carbons (Fsp3) is 0.615. The molecule has 8 heteroatoms. The summed E-state index contributed by atoms with van der Waals surface area (Å²) >= 11 is 0. The molecule has 1 saturated carbocycles. The van der Waals surface area contributed by atoms with Gasteiger partial charge in [-0.3, -0.25) is 4.79 Å². The molecule has 2 heterocycles. The van der Waals surface area contributed by atoms with Crippen LogP contribution in [-0.2, 0) is 11.0 Å². The highest BCUT2D eigenvalue weighted by Gasteiger charge is 2.38. The summed E-state index contributed by atoms with van der Waals surface area (Å²) in [6.45, 7) is 0.586. The van der Waals surface area contributed by atoms with Crippen LogP contribution in [0.2, 0.25) is 0 Å². The third-order valence-corrected chi connectivity index (χ3v) is 3.82. The second-order valence-corrected chi connectivity index (χ2v) is 5.51. The van der Waals surface area contributed by atoms with E-state index in [0.717, 1.165) is 18.9 Å². The number of rotatable bonds is 3. The van der Waals surface area contributed by atoms with Crippen molar-refractivity contribution in [2.24, 2.45) is 5.92 Å². The standard InChI is InChI=1S/C13H14F3N3O2/c14-13(15,16)9-5-10(18-11(17-9)7-1-2-7)19-4-3-8(6-19)12(20)21/h5,7-8H,1-4,6H2,(H,20,21). The molecule has 1 aromatic rings. The van der Waals surface area contributed by atoms with Crippen LogP contribution in [0.1, 0.15) is 36.7 Å². The molecule has 5 nitrogen and oxygen atoms in total. The maximum absolute atomic E-state index is 12.9. The van der Waals surface area contributed by atoms with Crippen molar-refractivity contribution in [2.75, 3.05) is 18.0 Å². The second kappa shape index (κ2) is 4.85. The molecule has 1 aliphatic carbocycles. The minimum atomic E-state index is -4.52. The van der Waals surface area contributed by atoms with Crippen LogP contribution in [0.4, 0.5) is 19.0 Å². The van der Waals surface area contributed by atoms with Crippen molar-refractivity contribution in [2.45, 2.75) is 31.4 Å². The van der Waals surface area contributed by atoms with Gasteiger partial charge in [-0.15, -0.1) is 0 Å². The van der Waals surface area contributed by atoms with Crippen molar-refractivity contribution < 1.29 is 23.1 Å². The maximum atomic E-state index is 12.9. The van der Waals surface area contributed by atoms with Crippen molar-refractivity contribution in [3.05, 3.63) is 17.6 Å². The Morgan fingerprint density at radius 2 is 2.00 bits per heavy atom. The summed E-state index contributed by atoms with van der Waals surface area (Å²) in [4.78, 5) is 20.4. The first kappa shape index (κ1) is 14.1. The number of hydrogen-bond donors (Lipinski definition) is 1. The van der Waals surface area contributed by atoms with E-state index in [9.17, 15) is 18.0 Å². The zero-order chi connectivity index (χ0) is 15.2. The molecule has 21 heavy (non-hydrogen) atoms. The van der Waals surface area contributed by atoms with Gasteiger partial charge in [0.25, 0.3) is 0 Å². The number of alkyl halides is 3. The van der Waals surface area contributed by atoms with Crippen LogP contribution in [-0.4, -0.2) is 34.1 Å². The Morgan fingerprint density at radius 1 is 1.29 bits per heavy atom. The molecule has 0 aromatic carbocycles. The summed E-state index contributed by atoms with van der Waals surface area (Å²) < 4.78 is 38.8. The van der Waals surface area contributed by atoms with Crippen molar-refractivity contribution in [3.63, 3.8) is 0 Å². The SMILES string of the molecule is O=C(O)C1CCN(c2cc(C(F)(F)F)nc(C3CC3)n2)C1. The van der Waals surface area contributed by atoms with Crippen molar-refractivity contribution >= 4 is 11.8 Å². The van der Waals surface area contributed by atoms with E-state index in [1.165, 1.54) is 0 Å². The number of carboxylic acids is 1. The highest BCUT2D eigenvalue weighted by atomic mass is 19.4. The first-order chi connectivity index (χ1) is 9.84. The van der Waals surface area contributed by atoms with Gasteiger partial charge in [0.05, 0.1) is 5.92 Å². The average molecular weight is 301 g/mol. The summed E-state index contributed by atoms with van der Waals surface area (Å²) in [6, 6.07) is 0.913. The summed E-state index contributed by atoms with van der Waals surface area (Å²) in [6.07, 6.45) is -2.50. The monoisotopic (exact) mass is 301 g/mol. The molecule has 1 unspecified atom stereocenters. The Kier molecular flexibility index (Phi) is 3.26. The molecule has 0 amide bonds. The molecule has 1 N–H and O–H groups in total. The molecule has 3 rings (SSSR count). The first-order valence-corrected chi connectivity index (χ1v) is 6.78. The normalized spacial score (nSPS) is 22.6. The van der Waals surface area contributed by atoms with Gasteiger partial charge in [-0.1, -0.05) is 0 Å². The third kappa shape index (κ3) is 2.93. The number of aliphatic carboxylic acids is 1. The number of hydrogen-bond acceptors (Lipinski definition) is 4. The lowest BCUT2D eigenvalue weighted by Gasteiger charge is -2.19. The average Bonchev–Trinajstić information content (AvgIpc) is 3.14. The van der Waals surface area contributed by atoms with Gasteiger partial charge >= 0.3 is 12.1 Å². The summed E-state index contributed by atoms with van der Waals surface area (Å²) in [5.41, 5.74) is -0.951. The second-order valence-electron chi connectivity index (χ2n) is 5.51. The molecule has 0 bridgehead atoms. The molecule has 114 valence electrons. The number of anilines is 1. The Morgan fingerprint density at radius 3 is 2.52 bits per heavy atom. The van der Waals surface area contributed by atoms with Crippen molar-refractivity contribution in [1.29, 1.82) is 0 Å². The third-order valence-electron chi connectivity index (χ3n) is 3.82. The van der Waals surface area contributed by atoms with Crippen LogP contribution in [0.15, 0.2) is 6.07 Å². The molecule has 0 spiro atoms. The Balaban J connectivity index is 1.91. The highest BCUT2D eigenvalue weighted by molar-refractivity contribution is 5.71. The van der Waals surface area contributed by atoms with E-state index in [1.807, 2.05) is 0 Å². The summed E-state index contributed by atoms with van der Waals surface area (Å²) in [5.74, 6) is -1.07. The van der Waals surface area contributed by atoms with Crippen molar-refractivity contribution in [3.8, 4) is 0 Å². The number of carbonyl (C=O) groups is 1. The van der Waals surface area contributed by atoms with E-state index in [4.69, 9.17) is 5.11 Å². The van der Waals surface area contributed by atoms with E-state index in [0.29, 0.717) is 13.0 Å². The van der Waals surface area contributed by atoms with Gasteiger partial charge in [-0.2, -0.15) is 13.2 Å². The molecule has 0 radical (unpaired) electrons. The minimum Gasteiger partial charge on any atom is -0.481 e. The number of nitrogens with zero attached hydrogens (tertiary/aromatic N) is 3. The quantitative estimate of drug-likeness (QED) is 0.928. The predicted octanol–water partition coefficient (Wildman–Crippen LogP) is 2.28. The molecule has 1 aliphatic heterocycles. The molecular formula is C13H14F3N3O2. The van der Waals surface area contributed by atoms with E-state index >= 15 is 0 Å². The lowest BCUT2D eigenvalue weighted by molar-refractivity contribution is -0.142. The molecule has 1 aromatic heterocycles. The minimum absolute atomic E-state index is 0.00363. The Labute approximate surface area is 118 Å². The fourth-order valence-electron chi connectivity index (χ4n) is 2.45. The van der Waals surface area contributed by atoms with Gasteiger partial charge in [-0.05, 0) is 19.3 Å². The molecular weight excluding hydrogens is 287 g/mol. The molecule has 1 saturated heterocycles. The van der Waals surface area contributed by atoms with E-state index < -0.39 is 23.8 Å². The predicted molar refractivity (Wildman–Crippen MR) is 67.0 cm³/mol. The zero-order valence-electron chi connectivity index (χ0n) is 11.1. The van der Waals surface area contributed by atoms with Crippen LogP contribution in [0.25, 0.3) is 0 Å². The van der Waals surface area contributed by atoms with E-state index in [1.54, 1.807) is 4.90 Å². The lowest BCUT2D eigenvalue weighted by Crippen LogP contribution is -2.25. The number of carboxylic acid groups (broad SMARTS) is 1. The molecule has 2 aliphatic rings. The van der Waals surface area contributed by atoms with Crippen LogP contribution >= 0.6 is 0 Å². The summed E-state index contributed by atoms with van der Waals surface area (Å²) in [5, 5.41) is 8.98. The zero-order valence-corrected chi connectivity index (χ0v) is 11.1. The van der Waals surface area contributed by atoms with Crippen LogP contribution in [0.3, 0.4) is 0 Å². The number of halogens is 3. The topological polar surface area (TPSA) is 66.3 Å². The van der Waals surface area contributed by atoms with Gasteiger partial charge in [-0.25, -0.2) is 9.97 Å². The van der Waals surface area contributed by atoms with Crippen molar-refractivity contribution in [1.82, 2.24) is 9.97 Å². The maximum Gasteiger partial charge on any atom is 0.433 e. The van der Waals surface area contributed by atoms with Gasteiger partial charge in [0.1, 0.15) is 17.3 Å². The molecule has 2 fully saturated rings. The highest BCUT2D eigenvalue weighted by Crippen LogP contribution is 2.40. The van der Waals surface area contributed by atoms with Gasteiger partial charge in [0.2, 0.25) is 0 Å². The Hall–Kier alpha value is -1.86. The Bertz CT molecular complexity index is 572. The van der Waals surface area contributed by atoms with Crippen LogP contribution in [0, 0.1) is 5.92 Å².